The van der Waals surface area contributed by atoms with E-state index in [0.717, 1.165) is 0 Å². The molecule has 1 fully saturated rings. The lowest BCUT2D eigenvalue weighted by atomic mass is 9.91. The van der Waals surface area contributed by atoms with E-state index in [1.165, 1.54) is 0 Å². The van der Waals surface area contributed by atoms with Gasteiger partial charge in [-0.1, -0.05) is 0 Å². The Morgan fingerprint density at radius 2 is 1.89 bits per heavy atom. The van der Waals surface area contributed by atoms with E-state index in [1.54, 1.807) is 11.8 Å². The summed E-state index contributed by atoms with van der Waals surface area (Å²) >= 11 is 0. The zero-order chi connectivity index (χ0) is 13.9. The minimum atomic E-state index is -0.536. The molecule has 1 saturated heterocycles. The highest BCUT2D eigenvalue weighted by Gasteiger charge is 2.33. The first-order valence-corrected chi connectivity index (χ1v) is 6.32. The maximum Gasteiger partial charge on any atom is 0.410 e. The van der Waals surface area contributed by atoms with Gasteiger partial charge in [-0.05, 0) is 33.6 Å². The van der Waals surface area contributed by atoms with Crippen LogP contribution in [0.15, 0.2) is 0 Å². The number of nitro groups is 1. The highest BCUT2D eigenvalue weighted by molar-refractivity contribution is 5.68. The van der Waals surface area contributed by atoms with Gasteiger partial charge < -0.3 is 9.64 Å². The number of piperidine rings is 1. The number of nitrogens with zero attached hydrogens (tertiary/aromatic N) is 2. The van der Waals surface area contributed by atoms with Gasteiger partial charge in [-0.25, -0.2) is 4.79 Å². The van der Waals surface area contributed by atoms with E-state index in [0.29, 0.717) is 25.9 Å². The Kier molecular flexibility index (Phi) is 4.53. The molecule has 1 heterocycles. The summed E-state index contributed by atoms with van der Waals surface area (Å²) in [5, 5.41) is 10.7. The van der Waals surface area contributed by atoms with Gasteiger partial charge in [-0.15, -0.1) is 0 Å². The fourth-order valence-corrected chi connectivity index (χ4v) is 2.06. The van der Waals surface area contributed by atoms with Crippen molar-refractivity contribution in [2.45, 2.75) is 52.2 Å². The molecule has 1 rings (SSSR count). The molecule has 0 aliphatic carbocycles. The van der Waals surface area contributed by atoms with Crippen LogP contribution in [0.4, 0.5) is 4.79 Å². The Morgan fingerprint density at radius 3 is 2.28 bits per heavy atom. The van der Waals surface area contributed by atoms with Gasteiger partial charge in [0.25, 0.3) is 0 Å². The van der Waals surface area contributed by atoms with Crippen LogP contribution in [0.1, 0.15) is 40.5 Å². The minimum absolute atomic E-state index is 0.0543. The fraction of sp³-hybridized carbons (Fsp3) is 0.917. The molecule has 1 atom stereocenters. The standard InChI is InChI=1S/C12H22N2O4/c1-9(14(16)17)10-5-7-13(8-6-10)11(15)18-12(2,3)4/h9-10H,5-8H2,1-4H3. The van der Waals surface area contributed by atoms with Crippen molar-refractivity contribution in [2.75, 3.05) is 13.1 Å². The Morgan fingerprint density at radius 1 is 1.39 bits per heavy atom. The van der Waals surface area contributed by atoms with Crippen LogP contribution in [0.2, 0.25) is 0 Å². The highest BCUT2D eigenvalue weighted by Crippen LogP contribution is 2.23. The second kappa shape index (κ2) is 5.54. The predicted molar refractivity (Wildman–Crippen MR) is 67.0 cm³/mol. The van der Waals surface area contributed by atoms with Crippen LogP contribution >= 0.6 is 0 Å². The van der Waals surface area contributed by atoms with E-state index in [1.807, 2.05) is 20.8 Å². The lowest BCUT2D eigenvalue weighted by Gasteiger charge is -2.33. The molecule has 0 radical (unpaired) electrons. The smallest absolute Gasteiger partial charge is 0.410 e. The first-order chi connectivity index (χ1) is 8.20. The summed E-state index contributed by atoms with van der Waals surface area (Å²) in [6.07, 6.45) is 1.01. The number of likely N-dealkylation sites (tertiary alicyclic amines) is 1. The first-order valence-electron chi connectivity index (χ1n) is 6.32. The number of ether oxygens (including phenoxy) is 1. The van der Waals surface area contributed by atoms with Crippen molar-refractivity contribution in [1.29, 1.82) is 0 Å². The number of hydrogen-bond donors (Lipinski definition) is 0. The third-order valence-corrected chi connectivity index (χ3v) is 3.21. The topological polar surface area (TPSA) is 72.7 Å². The van der Waals surface area contributed by atoms with Crippen molar-refractivity contribution < 1.29 is 14.5 Å². The Bertz CT molecular complexity index is 317. The van der Waals surface area contributed by atoms with Crippen molar-refractivity contribution in [2.24, 2.45) is 5.92 Å². The second-order valence-corrected chi connectivity index (χ2v) is 5.83. The van der Waals surface area contributed by atoms with Crippen LogP contribution in [0.5, 0.6) is 0 Å². The predicted octanol–water partition coefficient (Wildman–Crippen LogP) is 2.30. The molecule has 1 unspecified atom stereocenters. The van der Waals surface area contributed by atoms with E-state index in [2.05, 4.69) is 0 Å². The van der Waals surface area contributed by atoms with Crippen molar-refractivity contribution in [3.8, 4) is 0 Å². The SMILES string of the molecule is CC(C1CCN(C(=O)OC(C)(C)C)CC1)[N+](=O)[O-]. The summed E-state index contributed by atoms with van der Waals surface area (Å²) in [5.41, 5.74) is -0.498. The van der Waals surface area contributed by atoms with Gasteiger partial charge in [0, 0.05) is 30.9 Å². The lowest BCUT2D eigenvalue weighted by Crippen LogP contribution is -2.44. The van der Waals surface area contributed by atoms with Gasteiger partial charge in [0.2, 0.25) is 6.04 Å². The molecule has 0 spiro atoms. The number of hydrogen-bond acceptors (Lipinski definition) is 4. The van der Waals surface area contributed by atoms with Gasteiger partial charge in [-0.3, -0.25) is 10.1 Å². The lowest BCUT2D eigenvalue weighted by molar-refractivity contribution is -0.528. The molecule has 1 amide bonds. The maximum absolute atomic E-state index is 11.8. The Hall–Kier alpha value is -1.33. The highest BCUT2D eigenvalue weighted by atomic mass is 16.6. The second-order valence-electron chi connectivity index (χ2n) is 5.83. The van der Waals surface area contributed by atoms with Crippen LogP contribution in [0, 0.1) is 16.0 Å². The van der Waals surface area contributed by atoms with Crippen LogP contribution in [0.3, 0.4) is 0 Å². The quantitative estimate of drug-likeness (QED) is 0.562. The van der Waals surface area contributed by atoms with Gasteiger partial charge in [0.05, 0.1) is 0 Å². The first kappa shape index (κ1) is 14.7. The fourth-order valence-electron chi connectivity index (χ4n) is 2.06. The Labute approximate surface area is 107 Å². The average molecular weight is 258 g/mol. The van der Waals surface area contributed by atoms with E-state index in [9.17, 15) is 14.9 Å². The van der Waals surface area contributed by atoms with Gasteiger partial charge in [0.15, 0.2) is 0 Å². The van der Waals surface area contributed by atoms with Crippen LogP contribution in [-0.4, -0.2) is 40.6 Å². The summed E-state index contributed by atoms with van der Waals surface area (Å²) in [7, 11) is 0. The molecule has 0 aromatic heterocycles. The monoisotopic (exact) mass is 258 g/mol. The summed E-state index contributed by atoms with van der Waals surface area (Å²) in [6, 6.07) is -0.536. The van der Waals surface area contributed by atoms with E-state index in [-0.39, 0.29) is 16.9 Å². The molecule has 1 aliphatic rings. The largest absolute Gasteiger partial charge is 0.444 e. The summed E-state index contributed by atoms with van der Waals surface area (Å²) in [5.74, 6) is 0.0543. The normalized spacial score (nSPS) is 19.4. The molecule has 0 aromatic carbocycles. The number of amides is 1. The molecule has 104 valence electrons. The molecule has 0 N–H and O–H groups in total. The van der Waals surface area contributed by atoms with Crippen LogP contribution in [-0.2, 0) is 4.74 Å². The zero-order valence-electron chi connectivity index (χ0n) is 11.5. The summed E-state index contributed by atoms with van der Waals surface area (Å²) in [6.45, 7) is 8.19. The average Bonchev–Trinajstić information content (AvgIpc) is 2.26. The van der Waals surface area contributed by atoms with Crippen molar-refractivity contribution >= 4 is 6.09 Å². The van der Waals surface area contributed by atoms with Crippen molar-refractivity contribution in [3.63, 3.8) is 0 Å². The molecule has 6 nitrogen and oxygen atoms in total. The minimum Gasteiger partial charge on any atom is -0.444 e. The summed E-state index contributed by atoms with van der Waals surface area (Å²) in [4.78, 5) is 23.9. The van der Waals surface area contributed by atoms with Crippen molar-refractivity contribution in [1.82, 2.24) is 4.90 Å². The third kappa shape index (κ3) is 4.16. The van der Waals surface area contributed by atoms with Crippen LogP contribution in [0.25, 0.3) is 0 Å². The molecule has 0 aromatic rings. The van der Waals surface area contributed by atoms with Gasteiger partial charge in [0.1, 0.15) is 5.60 Å². The molecule has 1 aliphatic heterocycles. The number of carbonyl (C=O) groups is 1. The number of carbonyl (C=O) groups excluding carboxylic acids is 1. The molecule has 6 heteroatoms. The van der Waals surface area contributed by atoms with E-state index >= 15 is 0 Å². The maximum atomic E-state index is 11.8. The molecular weight excluding hydrogens is 236 g/mol. The molecule has 18 heavy (non-hydrogen) atoms. The molecule has 0 bridgehead atoms. The molecular formula is C12H22N2O4. The molecule has 0 saturated carbocycles. The Balaban J connectivity index is 2.44. The van der Waals surface area contributed by atoms with Crippen LogP contribution < -0.4 is 0 Å². The third-order valence-electron chi connectivity index (χ3n) is 3.21. The van der Waals surface area contributed by atoms with Crippen molar-refractivity contribution in [3.05, 3.63) is 10.1 Å². The van der Waals surface area contributed by atoms with E-state index < -0.39 is 11.6 Å². The number of rotatable bonds is 2. The summed E-state index contributed by atoms with van der Waals surface area (Å²) < 4.78 is 5.27. The van der Waals surface area contributed by atoms with Gasteiger partial charge in [-0.2, -0.15) is 0 Å². The zero-order valence-corrected chi connectivity index (χ0v) is 11.5. The van der Waals surface area contributed by atoms with E-state index in [4.69, 9.17) is 4.74 Å². The van der Waals surface area contributed by atoms with Gasteiger partial charge >= 0.3 is 6.09 Å².